The highest BCUT2D eigenvalue weighted by molar-refractivity contribution is 6.02. The predicted octanol–water partition coefficient (Wildman–Crippen LogP) is 5.12. The maximum Gasteiger partial charge on any atom is 0.454 e. The number of aryl methyl sites for hydroxylation is 2. The Morgan fingerprint density at radius 1 is 1.00 bits per heavy atom. The summed E-state index contributed by atoms with van der Waals surface area (Å²) in [6, 6.07) is 5.04. The second-order valence-corrected chi connectivity index (χ2v) is 4.99. The van der Waals surface area contributed by atoms with E-state index in [0.717, 1.165) is 25.7 Å². The van der Waals surface area contributed by atoms with Crippen LogP contribution in [0, 0.1) is 0 Å². The van der Waals surface area contributed by atoms with Crippen LogP contribution in [-0.4, -0.2) is 12.0 Å². The van der Waals surface area contributed by atoms with Gasteiger partial charge in [0.2, 0.25) is 0 Å². The average molecular weight is 286 g/mol. The molecule has 0 heterocycles. The van der Waals surface area contributed by atoms with E-state index in [4.69, 9.17) is 0 Å². The lowest BCUT2D eigenvalue weighted by Gasteiger charge is -2.15. The number of alkyl halides is 3. The van der Waals surface area contributed by atoms with E-state index >= 15 is 0 Å². The number of Topliss-reactive ketones (excluding diaryl/α,β-unsaturated/α-hetero) is 1. The van der Waals surface area contributed by atoms with E-state index in [9.17, 15) is 18.0 Å². The predicted molar refractivity (Wildman–Crippen MR) is 74.1 cm³/mol. The molecule has 0 N–H and O–H groups in total. The fraction of sp³-hybridized carbons (Fsp3) is 0.562. The first-order valence-corrected chi connectivity index (χ1v) is 7.14. The Kier molecular flexibility index (Phi) is 6.24. The van der Waals surface area contributed by atoms with E-state index in [2.05, 4.69) is 0 Å². The quantitative estimate of drug-likeness (QED) is 0.636. The Morgan fingerprint density at radius 2 is 1.45 bits per heavy atom. The molecule has 112 valence electrons. The molecule has 0 radical (unpaired) electrons. The molecule has 0 spiro atoms. The molecule has 0 bridgehead atoms. The molecule has 0 aromatic heterocycles. The van der Waals surface area contributed by atoms with Gasteiger partial charge in [0.25, 0.3) is 5.78 Å². The molecule has 1 aromatic carbocycles. The Balaban J connectivity index is 3.20. The van der Waals surface area contributed by atoms with E-state index in [0.29, 0.717) is 24.0 Å². The Hall–Kier alpha value is -1.32. The standard InChI is InChI=1S/C16H21F3O/c1-3-5-8-12-10-7-11-13(9-6-4-2)14(12)15(20)16(17,18)19/h7,10-11H,3-6,8-9H2,1-2H3. The van der Waals surface area contributed by atoms with Crippen molar-refractivity contribution >= 4 is 5.78 Å². The summed E-state index contributed by atoms with van der Waals surface area (Å²) >= 11 is 0. The fourth-order valence-corrected chi connectivity index (χ4v) is 2.24. The summed E-state index contributed by atoms with van der Waals surface area (Å²) in [5.74, 6) is -1.70. The van der Waals surface area contributed by atoms with Crippen LogP contribution in [0.2, 0.25) is 0 Å². The van der Waals surface area contributed by atoms with Gasteiger partial charge in [-0.05, 0) is 36.8 Å². The zero-order valence-corrected chi connectivity index (χ0v) is 12.0. The molecule has 0 aliphatic heterocycles. The SMILES string of the molecule is CCCCc1cccc(CCCC)c1C(=O)C(F)(F)F. The number of hydrogen-bond acceptors (Lipinski definition) is 1. The van der Waals surface area contributed by atoms with Crippen LogP contribution in [0.15, 0.2) is 18.2 Å². The lowest BCUT2D eigenvalue weighted by atomic mass is 9.91. The number of hydrogen-bond donors (Lipinski definition) is 0. The molecule has 0 aliphatic carbocycles. The van der Waals surface area contributed by atoms with Gasteiger partial charge in [0.1, 0.15) is 0 Å². The molecule has 1 rings (SSSR count). The van der Waals surface area contributed by atoms with Crippen LogP contribution >= 0.6 is 0 Å². The summed E-state index contributed by atoms with van der Waals surface area (Å²) in [4.78, 5) is 11.7. The van der Waals surface area contributed by atoms with Gasteiger partial charge in [0.05, 0.1) is 0 Å². The molecule has 20 heavy (non-hydrogen) atoms. The lowest BCUT2D eigenvalue weighted by Crippen LogP contribution is -2.25. The topological polar surface area (TPSA) is 17.1 Å². The monoisotopic (exact) mass is 286 g/mol. The number of rotatable bonds is 7. The van der Waals surface area contributed by atoms with Crippen LogP contribution in [0.5, 0.6) is 0 Å². The molecule has 0 amide bonds. The van der Waals surface area contributed by atoms with Crippen molar-refractivity contribution in [3.8, 4) is 0 Å². The van der Waals surface area contributed by atoms with Crippen molar-refractivity contribution < 1.29 is 18.0 Å². The largest absolute Gasteiger partial charge is 0.454 e. The van der Waals surface area contributed by atoms with Gasteiger partial charge in [-0.15, -0.1) is 0 Å². The zero-order valence-electron chi connectivity index (χ0n) is 12.0. The summed E-state index contributed by atoms with van der Waals surface area (Å²) in [6.07, 6.45) is -0.410. The second-order valence-electron chi connectivity index (χ2n) is 4.99. The van der Waals surface area contributed by atoms with Crippen LogP contribution in [0.4, 0.5) is 13.2 Å². The zero-order chi connectivity index (χ0) is 15.2. The summed E-state index contributed by atoms with van der Waals surface area (Å²) in [6.45, 7) is 3.96. The lowest BCUT2D eigenvalue weighted by molar-refractivity contribution is -0.0886. The maximum atomic E-state index is 12.8. The van der Waals surface area contributed by atoms with E-state index in [1.807, 2.05) is 13.8 Å². The molecule has 0 unspecified atom stereocenters. The van der Waals surface area contributed by atoms with Crippen molar-refractivity contribution in [2.45, 2.75) is 58.5 Å². The minimum Gasteiger partial charge on any atom is -0.284 e. The summed E-state index contributed by atoms with van der Waals surface area (Å²) in [5, 5.41) is 0. The molecule has 1 aromatic rings. The van der Waals surface area contributed by atoms with Crippen molar-refractivity contribution in [2.75, 3.05) is 0 Å². The van der Waals surface area contributed by atoms with E-state index in [1.54, 1.807) is 18.2 Å². The third-order valence-corrected chi connectivity index (χ3v) is 3.32. The Bertz CT molecular complexity index is 423. The van der Waals surface area contributed by atoms with Gasteiger partial charge >= 0.3 is 6.18 Å². The fourth-order valence-electron chi connectivity index (χ4n) is 2.24. The molecule has 0 atom stereocenters. The molecule has 4 heteroatoms. The van der Waals surface area contributed by atoms with E-state index < -0.39 is 12.0 Å². The van der Waals surface area contributed by atoms with Gasteiger partial charge in [0.15, 0.2) is 0 Å². The Morgan fingerprint density at radius 3 is 1.80 bits per heavy atom. The number of unbranched alkanes of at least 4 members (excludes halogenated alkanes) is 2. The molecular formula is C16H21F3O. The summed E-state index contributed by atoms with van der Waals surface area (Å²) < 4.78 is 38.4. The molecule has 0 aliphatic rings. The number of ketones is 1. The first-order chi connectivity index (χ1) is 9.41. The molecule has 1 nitrogen and oxygen atoms in total. The second kappa shape index (κ2) is 7.46. The smallest absolute Gasteiger partial charge is 0.284 e. The highest BCUT2D eigenvalue weighted by atomic mass is 19.4. The van der Waals surface area contributed by atoms with Crippen LogP contribution in [0.25, 0.3) is 0 Å². The van der Waals surface area contributed by atoms with Crippen LogP contribution in [0.3, 0.4) is 0 Å². The van der Waals surface area contributed by atoms with Crippen molar-refractivity contribution in [3.63, 3.8) is 0 Å². The van der Waals surface area contributed by atoms with Gasteiger partial charge in [0, 0.05) is 5.56 Å². The van der Waals surface area contributed by atoms with Gasteiger partial charge < -0.3 is 0 Å². The Labute approximate surface area is 118 Å². The van der Waals surface area contributed by atoms with Gasteiger partial charge in [-0.3, -0.25) is 4.79 Å². The molecule has 0 saturated heterocycles. The average Bonchev–Trinajstić information content (AvgIpc) is 2.40. The van der Waals surface area contributed by atoms with Crippen molar-refractivity contribution in [1.82, 2.24) is 0 Å². The minimum atomic E-state index is -4.80. The van der Waals surface area contributed by atoms with Crippen LogP contribution in [0.1, 0.15) is 61.0 Å². The third-order valence-electron chi connectivity index (χ3n) is 3.32. The number of carbonyl (C=O) groups excluding carboxylic acids is 1. The summed E-state index contributed by atoms with van der Waals surface area (Å²) in [5.41, 5.74) is 0.951. The highest BCUT2D eigenvalue weighted by Crippen LogP contribution is 2.28. The van der Waals surface area contributed by atoms with Crippen LogP contribution in [-0.2, 0) is 12.8 Å². The van der Waals surface area contributed by atoms with Crippen molar-refractivity contribution in [2.24, 2.45) is 0 Å². The molecular weight excluding hydrogens is 265 g/mol. The number of halogens is 3. The third kappa shape index (κ3) is 4.36. The van der Waals surface area contributed by atoms with E-state index in [1.165, 1.54) is 0 Å². The normalized spacial score (nSPS) is 11.7. The van der Waals surface area contributed by atoms with Gasteiger partial charge in [-0.2, -0.15) is 13.2 Å². The van der Waals surface area contributed by atoms with Gasteiger partial charge in [-0.1, -0.05) is 44.9 Å². The van der Waals surface area contributed by atoms with Crippen LogP contribution < -0.4 is 0 Å². The number of benzene rings is 1. The van der Waals surface area contributed by atoms with E-state index in [-0.39, 0.29) is 5.56 Å². The van der Waals surface area contributed by atoms with Crippen molar-refractivity contribution in [3.05, 3.63) is 34.9 Å². The van der Waals surface area contributed by atoms with Crippen molar-refractivity contribution in [1.29, 1.82) is 0 Å². The number of carbonyl (C=O) groups is 1. The molecule has 0 saturated carbocycles. The van der Waals surface area contributed by atoms with Gasteiger partial charge in [-0.25, -0.2) is 0 Å². The first kappa shape index (κ1) is 16.7. The molecule has 0 fully saturated rings. The minimum absolute atomic E-state index is 0.109. The summed E-state index contributed by atoms with van der Waals surface area (Å²) in [7, 11) is 0. The maximum absolute atomic E-state index is 12.8. The first-order valence-electron chi connectivity index (χ1n) is 7.14. The highest BCUT2D eigenvalue weighted by Gasteiger charge is 2.41.